The molecule has 0 aromatic heterocycles. The maximum Gasteiger partial charge on any atom is 0.112 e. The molecule has 12 heavy (non-hydrogen) atoms. The van der Waals surface area contributed by atoms with Crippen molar-refractivity contribution in [3.8, 4) is 0 Å². The molecule has 3 nitrogen and oxygen atoms in total. The van der Waals surface area contributed by atoms with Crippen molar-refractivity contribution >= 4 is 10.9 Å². The number of hydrogen-bond acceptors (Lipinski definition) is 3. The average molecular weight is 190 g/mol. The summed E-state index contributed by atoms with van der Waals surface area (Å²) in [7, 11) is -3.50. The first-order valence-electron chi connectivity index (χ1n) is 3.66. The smallest absolute Gasteiger partial charge is 0.112 e. The molecule has 0 fully saturated rings. The van der Waals surface area contributed by atoms with Crippen LogP contribution in [-0.2, 0) is 0 Å². The van der Waals surface area contributed by atoms with E-state index in [1.54, 1.807) is 18.2 Å². The number of rotatable bonds is 1. The molecule has 0 aliphatic carbocycles. The zero-order valence-electron chi connectivity index (χ0n) is 7.14. The van der Waals surface area contributed by atoms with E-state index in [0.29, 0.717) is 0 Å². The third-order valence-corrected chi connectivity index (χ3v) is 1.96. The Morgan fingerprint density at radius 3 is 1.58 bits per heavy atom. The second-order valence-corrected chi connectivity index (χ2v) is 3.34. The summed E-state index contributed by atoms with van der Waals surface area (Å²) in [4.78, 5) is 0.148. The van der Waals surface area contributed by atoms with E-state index in [0.717, 1.165) is 0 Å². The lowest BCUT2D eigenvalue weighted by molar-refractivity contribution is 0.376. The zero-order chi connectivity index (χ0) is 9.61. The van der Waals surface area contributed by atoms with Gasteiger partial charge in [-0.15, -0.1) is 0 Å². The predicted molar refractivity (Wildman–Crippen MR) is 51.5 cm³/mol. The minimum absolute atomic E-state index is 0.148. The topological polar surface area (TPSA) is 60.7 Å². The highest BCUT2D eigenvalue weighted by Gasteiger charge is 2.13. The molecular weight excluding hydrogens is 176 g/mol. The molecule has 3 N–H and O–H groups in total. The highest BCUT2D eigenvalue weighted by atomic mass is 32.3. The molecule has 0 radical (unpaired) electrons. The van der Waals surface area contributed by atoms with Gasteiger partial charge >= 0.3 is 0 Å². The van der Waals surface area contributed by atoms with Crippen molar-refractivity contribution in [1.82, 2.24) is 0 Å². The highest BCUT2D eigenvalue weighted by Crippen LogP contribution is 2.42. The van der Waals surface area contributed by atoms with Crippen LogP contribution in [0.25, 0.3) is 0 Å². The van der Waals surface area contributed by atoms with Crippen molar-refractivity contribution in [2.24, 2.45) is 0 Å². The van der Waals surface area contributed by atoms with Gasteiger partial charge in [0.15, 0.2) is 0 Å². The third kappa shape index (κ3) is 3.73. The normalized spacial score (nSPS) is 11.4. The first-order chi connectivity index (χ1) is 5.61. The summed E-state index contributed by atoms with van der Waals surface area (Å²) in [5, 5.41) is 0. The standard InChI is InChI=1S/C6H8O3S.C2H6/c7-10(8,9)6-4-2-1-3-5-6;1-2/h1-5,7-9H;1-2H3. The molecule has 0 spiro atoms. The molecule has 0 aliphatic rings. The first kappa shape index (κ1) is 11.4. The Balaban J connectivity index is 0.000000561. The van der Waals surface area contributed by atoms with Gasteiger partial charge in [0.05, 0.1) is 4.90 Å². The molecule has 0 bridgehead atoms. The van der Waals surface area contributed by atoms with E-state index in [1.807, 2.05) is 13.8 Å². The molecule has 4 heteroatoms. The molecule has 0 amide bonds. The van der Waals surface area contributed by atoms with Crippen molar-refractivity contribution in [3.63, 3.8) is 0 Å². The SMILES string of the molecule is CC.OS(O)(O)c1ccccc1. The van der Waals surface area contributed by atoms with Gasteiger partial charge in [-0.2, -0.15) is 0 Å². The van der Waals surface area contributed by atoms with Crippen LogP contribution in [0.4, 0.5) is 0 Å². The molecular formula is C8H14O3S. The van der Waals surface area contributed by atoms with Crippen LogP contribution in [-0.4, -0.2) is 13.7 Å². The summed E-state index contributed by atoms with van der Waals surface area (Å²) in [5.41, 5.74) is 0. The highest BCUT2D eigenvalue weighted by molar-refractivity contribution is 8.19. The van der Waals surface area contributed by atoms with Gasteiger partial charge in [0.1, 0.15) is 10.9 Å². The quantitative estimate of drug-likeness (QED) is 0.636. The maximum atomic E-state index is 8.68. The Morgan fingerprint density at radius 2 is 1.33 bits per heavy atom. The molecule has 1 aromatic rings. The van der Waals surface area contributed by atoms with Crippen molar-refractivity contribution in [1.29, 1.82) is 0 Å². The second-order valence-electron chi connectivity index (χ2n) is 1.83. The lowest BCUT2D eigenvalue weighted by Crippen LogP contribution is -1.93. The Hall–Kier alpha value is -0.550. The molecule has 0 saturated heterocycles. The summed E-state index contributed by atoms with van der Waals surface area (Å²) in [6, 6.07) is 7.89. The Morgan fingerprint density at radius 1 is 0.917 bits per heavy atom. The first-order valence-corrected chi connectivity index (χ1v) is 5.17. The Labute approximate surface area is 74.2 Å². The van der Waals surface area contributed by atoms with E-state index < -0.39 is 10.9 Å². The van der Waals surface area contributed by atoms with Crippen LogP contribution in [0.3, 0.4) is 0 Å². The van der Waals surface area contributed by atoms with E-state index in [2.05, 4.69) is 0 Å². The van der Waals surface area contributed by atoms with E-state index >= 15 is 0 Å². The average Bonchev–Trinajstić information content (AvgIpc) is 2.08. The second kappa shape index (κ2) is 5.16. The number of benzene rings is 1. The summed E-state index contributed by atoms with van der Waals surface area (Å²) < 4.78 is 26.1. The minimum atomic E-state index is -3.50. The van der Waals surface area contributed by atoms with Crippen molar-refractivity contribution in [2.75, 3.05) is 0 Å². The Kier molecular flexibility index (Phi) is 4.92. The van der Waals surface area contributed by atoms with E-state index in [4.69, 9.17) is 13.7 Å². The largest absolute Gasteiger partial charge is 0.304 e. The van der Waals surface area contributed by atoms with Gasteiger partial charge in [-0.25, -0.2) is 0 Å². The molecule has 0 atom stereocenters. The van der Waals surface area contributed by atoms with Crippen LogP contribution >= 0.6 is 10.9 Å². The molecule has 0 saturated carbocycles. The summed E-state index contributed by atoms with van der Waals surface area (Å²) in [6.07, 6.45) is 0. The molecule has 0 heterocycles. The third-order valence-electron chi connectivity index (χ3n) is 1.06. The lowest BCUT2D eigenvalue weighted by atomic mass is 10.4. The van der Waals surface area contributed by atoms with Crippen LogP contribution in [0, 0.1) is 0 Å². The minimum Gasteiger partial charge on any atom is -0.304 e. The van der Waals surface area contributed by atoms with Crippen molar-refractivity contribution < 1.29 is 13.7 Å². The predicted octanol–water partition coefficient (Wildman–Crippen LogP) is 3.30. The molecule has 1 rings (SSSR count). The number of hydrogen-bond donors (Lipinski definition) is 3. The maximum absolute atomic E-state index is 8.68. The molecule has 1 aromatic carbocycles. The molecule has 0 aliphatic heterocycles. The fourth-order valence-corrected chi connectivity index (χ4v) is 1.13. The van der Waals surface area contributed by atoms with Crippen LogP contribution in [0.1, 0.15) is 13.8 Å². The summed E-state index contributed by atoms with van der Waals surface area (Å²) in [5.74, 6) is 0. The van der Waals surface area contributed by atoms with Gasteiger partial charge in [0.2, 0.25) is 0 Å². The van der Waals surface area contributed by atoms with E-state index in [1.165, 1.54) is 12.1 Å². The van der Waals surface area contributed by atoms with Gasteiger partial charge in [-0.1, -0.05) is 32.0 Å². The molecule has 0 unspecified atom stereocenters. The van der Waals surface area contributed by atoms with Gasteiger partial charge in [0.25, 0.3) is 0 Å². The molecule has 70 valence electrons. The van der Waals surface area contributed by atoms with Gasteiger partial charge in [0, 0.05) is 0 Å². The van der Waals surface area contributed by atoms with Crippen LogP contribution in [0.2, 0.25) is 0 Å². The van der Waals surface area contributed by atoms with E-state index in [-0.39, 0.29) is 4.90 Å². The van der Waals surface area contributed by atoms with Crippen LogP contribution in [0.15, 0.2) is 35.2 Å². The lowest BCUT2D eigenvalue weighted by Gasteiger charge is -2.18. The van der Waals surface area contributed by atoms with Crippen molar-refractivity contribution in [2.45, 2.75) is 18.7 Å². The van der Waals surface area contributed by atoms with Crippen molar-refractivity contribution in [3.05, 3.63) is 30.3 Å². The van der Waals surface area contributed by atoms with Crippen LogP contribution in [0.5, 0.6) is 0 Å². The summed E-state index contributed by atoms with van der Waals surface area (Å²) >= 11 is 0. The fourth-order valence-electron chi connectivity index (χ4n) is 0.603. The monoisotopic (exact) mass is 190 g/mol. The summed E-state index contributed by atoms with van der Waals surface area (Å²) in [6.45, 7) is 4.00. The van der Waals surface area contributed by atoms with Crippen LogP contribution < -0.4 is 0 Å². The zero-order valence-corrected chi connectivity index (χ0v) is 7.95. The van der Waals surface area contributed by atoms with Gasteiger partial charge in [-0.3, -0.25) is 0 Å². The van der Waals surface area contributed by atoms with Gasteiger partial charge < -0.3 is 13.7 Å². The van der Waals surface area contributed by atoms with Gasteiger partial charge in [-0.05, 0) is 12.1 Å². The Bertz CT molecular complexity index is 205. The fraction of sp³-hybridized carbons (Fsp3) is 0.250. The van der Waals surface area contributed by atoms with E-state index in [9.17, 15) is 0 Å².